The molecule has 1 fully saturated rings. The number of amides is 1. The number of allylic oxidation sites excluding steroid dienone is 1. The molecule has 2 aromatic carbocycles. The fourth-order valence-corrected chi connectivity index (χ4v) is 4.47. The molecule has 0 unspecified atom stereocenters. The van der Waals surface area contributed by atoms with Crippen LogP contribution in [0.3, 0.4) is 0 Å². The van der Waals surface area contributed by atoms with E-state index in [0.717, 1.165) is 25.2 Å². The molecule has 0 spiro atoms. The number of para-hydroxylation sites is 1. The number of carbonyl (C=O) groups excluding carboxylic acids is 2. The van der Waals surface area contributed by atoms with Crippen LogP contribution in [0.25, 0.3) is 6.08 Å². The van der Waals surface area contributed by atoms with Gasteiger partial charge in [0.25, 0.3) is 5.91 Å². The van der Waals surface area contributed by atoms with E-state index in [1.807, 2.05) is 48.5 Å². The molecule has 178 valence electrons. The normalized spacial score (nSPS) is 19.3. The summed E-state index contributed by atoms with van der Waals surface area (Å²) in [4.78, 5) is 30.3. The van der Waals surface area contributed by atoms with E-state index in [9.17, 15) is 14.7 Å². The first-order chi connectivity index (χ1) is 16.6. The summed E-state index contributed by atoms with van der Waals surface area (Å²) >= 11 is 0. The second kappa shape index (κ2) is 11.1. The molecule has 2 heterocycles. The lowest BCUT2D eigenvalue weighted by Crippen LogP contribution is -2.39. The highest BCUT2D eigenvalue weighted by molar-refractivity contribution is 6.14. The molecule has 0 aromatic heterocycles. The highest BCUT2D eigenvalue weighted by Crippen LogP contribution is 2.41. The van der Waals surface area contributed by atoms with Crippen LogP contribution >= 0.6 is 0 Å². The van der Waals surface area contributed by atoms with E-state index in [4.69, 9.17) is 9.47 Å². The van der Waals surface area contributed by atoms with Gasteiger partial charge in [-0.15, -0.1) is 0 Å². The zero-order chi connectivity index (χ0) is 23.9. The molecule has 2 aromatic rings. The van der Waals surface area contributed by atoms with Gasteiger partial charge >= 0.3 is 0 Å². The summed E-state index contributed by atoms with van der Waals surface area (Å²) in [5.41, 5.74) is 1.61. The van der Waals surface area contributed by atoms with Crippen molar-refractivity contribution in [1.29, 1.82) is 0 Å². The van der Waals surface area contributed by atoms with Crippen molar-refractivity contribution in [3.8, 4) is 5.75 Å². The van der Waals surface area contributed by atoms with Crippen LogP contribution in [0.1, 0.15) is 23.6 Å². The van der Waals surface area contributed by atoms with Gasteiger partial charge in [0.1, 0.15) is 5.75 Å². The quantitative estimate of drug-likeness (QED) is 0.576. The molecule has 7 heteroatoms. The summed E-state index contributed by atoms with van der Waals surface area (Å²) in [6, 6.07) is 16.0. The molecule has 2 aliphatic rings. The molecule has 1 atom stereocenters. The Bertz CT molecular complexity index is 1070. The van der Waals surface area contributed by atoms with Crippen molar-refractivity contribution in [3.05, 3.63) is 83.1 Å². The van der Waals surface area contributed by atoms with E-state index >= 15 is 0 Å². The van der Waals surface area contributed by atoms with Crippen LogP contribution < -0.4 is 4.74 Å². The minimum Gasteiger partial charge on any atom is -0.503 e. The van der Waals surface area contributed by atoms with E-state index in [1.54, 1.807) is 24.2 Å². The lowest BCUT2D eigenvalue weighted by molar-refractivity contribution is -0.129. The summed E-state index contributed by atoms with van der Waals surface area (Å²) in [5, 5.41) is 10.8. The summed E-state index contributed by atoms with van der Waals surface area (Å²) in [5.74, 6) is -0.869. The Hall–Kier alpha value is -3.42. The third-order valence-corrected chi connectivity index (χ3v) is 6.21. The Labute approximate surface area is 199 Å². The SMILES string of the molecule is COc1ccccc1[C@@H]1C(C(=O)/C=C/c2ccccc2)=C(O)C(=O)N1CCCN1CCOCC1. The maximum absolute atomic E-state index is 13.3. The average Bonchev–Trinajstić information content (AvgIpc) is 3.13. The molecule has 34 heavy (non-hydrogen) atoms. The monoisotopic (exact) mass is 462 g/mol. The van der Waals surface area contributed by atoms with Gasteiger partial charge in [0, 0.05) is 31.7 Å². The number of hydrogen-bond donors (Lipinski definition) is 1. The van der Waals surface area contributed by atoms with Crippen molar-refractivity contribution in [3.63, 3.8) is 0 Å². The standard InChI is InChI=1S/C27H30N2O5/c1-33-23-11-6-5-10-21(23)25-24(22(30)13-12-20-8-3-2-4-9-20)26(31)27(32)29(25)15-7-14-28-16-18-34-19-17-28/h2-6,8-13,25,31H,7,14-19H2,1H3/b13-12+/t25-/m1/s1. The van der Waals surface area contributed by atoms with Crippen LogP contribution in [-0.2, 0) is 14.3 Å². The molecule has 7 nitrogen and oxygen atoms in total. The summed E-state index contributed by atoms with van der Waals surface area (Å²) in [7, 11) is 1.55. The van der Waals surface area contributed by atoms with Crippen LogP contribution in [0.15, 0.2) is 72.0 Å². The Kier molecular flexibility index (Phi) is 7.77. The molecule has 1 amide bonds. The number of morpholine rings is 1. The molecule has 0 saturated carbocycles. The predicted molar refractivity (Wildman–Crippen MR) is 129 cm³/mol. The molecular formula is C27H30N2O5. The Morgan fingerprint density at radius 3 is 2.53 bits per heavy atom. The van der Waals surface area contributed by atoms with Crippen molar-refractivity contribution in [2.24, 2.45) is 0 Å². The summed E-state index contributed by atoms with van der Waals surface area (Å²) in [6.07, 6.45) is 3.81. The highest BCUT2D eigenvalue weighted by atomic mass is 16.5. The first-order valence-corrected chi connectivity index (χ1v) is 11.5. The Morgan fingerprint density at radius 2 is 1.79 bits per heavy atom. The number of aliphatic hydroxyl groups is 1. The van der Waals surface area contributed by atoms with E-state index < -0.39 is 23.5 Å². The fourth-order valence-electron chi connectivity index (χ4n) is 4.47. The van der Waals surface area contributed by atoms with Gasteiger partial charge in [-0.05, 0) is 24.1 Å². The number of hydrogen-bond acceptors (Lipinski definition) is 6. The largest absolute Gasteiger partial charge is 0.503 e. The van der Waals surface area contributed by atoms with Gasteiger partial charge in [-0.25, -0.2) is 0 Å². The molecule has 1 saturated heterocycles. The second-order valence-corrected chi connectivity index (χ2v) is 8.32. The van der Waals surface area contributed by atoms with Crippen LogP contribution in [0.4, 0.5) is 0 Å². The van der Waals surface area contributed by atoms with E-state index in [0.29, 0.717) is 37.5 Å². The number of nitrogens with zero attached hydrogens (tertiary/aromatic N) is 2. The maximum atomic E-state index is 13.3. The van der Waals surface area contributed by atoms with Crippen LogP contribution in [-0.4, -0.2) is 73.1 Å². The second-order valence-electron chi connectivity index (χ2n) is 8.32. The third-order valence-electron chi connectivity index (χ3n) is 6.21. The first kappa shape index (κ1) is 23.7. The average molecular weight is 463 g/mol. The number of methoxy groups -OCH3 is 1. The fraction of sp³-hybridized carbons (Fsp3) is 0.333. The zero-order valence-electron chi connectivity index (χ0n) is 19.4. The van der Waals surface area contributed by atoms with Gasteiger partial charge in [-0.3, -0.25) is 14.5 Å². The first-order valence-electron chi connectivity index (χ1n) is 11.5. The molecule has 2 aliphatic heterocycles. The minimum absolute atomic E-state index is 0.0769. The summed E-state index contributed by atoms with van der Waals surface area (Å²) < 4.78 is 10.9. The van der Waals surface area contributed by atoms with E-state index in [1.165, 1.54) is 6.08 Å². The lowest BCUT2D eigenvalue weighted by Gasteiger charge is -2.30. The zero-order valence-corrected chi connectivity index (χ0v) is 19.4. The van der Waals surface area contributed by atoms with Crippen molar-refractivity contribution >= 4 is 17.8 Å². The maximum Gasteiger partial charge on any atom is 0.290 e. The molecular weight excluding hydrogens is 432 g/mol. The summed E-state index contributed by atoms with van der Waals surface area (Å²) in [6.45, 7) is 4.36. The van der Waals surface area contributed by atoms with Crippen LogP contribution in [0.5, 0.6) is 5.75 Å². The van der Waals surface area contributed by atoms with Gasteiger partial charge in [0.15, 0.2) is 11.5 Å². The topological polar surface area (TPSA) is 79.3 Å². The van der Waals surface area contributed by atoms with Gasteiger partial charge in [0.2, 0.25) is 0 Å². The van der Waals surface area contributed by atoms with Crippen molar-refractivity contribution < 1.29 is 24.2 Å². The van der Waals surface area contributed by atoms with Gasteiger partial charge in [-0.1, -0.05) is 54.6 Å². The van der Waals surface area contributed by atoms with Crippen molar-refractivity contribution in [2.75, 3.05) is 46.5 Å². The molecule has 4 rings (SSSR count). The number of rotatable bonds is 9. The molecule has 1 N–H and O–H groups in total. The minimum atomic E-state index is -0.721. The number of benzene rings is 2. The number of aliphatic hydroxyl groups excluding tert-OH is 1. The van der Waals surface area contributed by atoms with Crippen molar-refractivity contribution in [1.82, 2.24) is 9.80 Å². The molecule has 0 bridgehead atoms. The van der Waals surface area contributed by atoms with Gasteiger partial charge < -0.3 is 19.5 Å². The van der Waals surface area contributed by atoms with Crippen molar-refractivity contribution in [2.45, 2.75) is 12.5 Å². The van der Waals surface area contributed by atoms with E-state index in [2.05, 4.69) is 4.90 Å². The number of carbonyl (C=O) groups is 2. The Morgan fingerprint density at radius 1 is 1.09 bits per heavy atom. The predicted octanol–water partition coefficient (Wildman–Crippen LogP) is 3.40. The smallest absolute Gasteiger partial charge is 0.290 e. The highest BCUT2D eigenvalue weighted by Gasteiger charge is 2.43. The van der Waals surface area contributed by atoms with Crippen LogP contribution in [0.2, 0.25) is 0 Å². The molecule has 0 radical (unpaired) electrons. The molecule has 0 aliphatic carbocycles. The number of ketones is 1. The van der Waals surface area contributed by atoms with Gasteiger partial charge in [0.05, 0.1) is 31.9 Å². The van der Waals surface area contributed by atoms with E-state index in [-0.39, 0.29) is 5.57 Å². The number of ether oxygens (including phenoxy) is 2. The van der Waals surface area contributed by atoms with Gasteiger partial charge in [-0.2, -0.15) is 0 Å². The Balaban J connectivity index is 1.60. The lowest BCUT2D eigenvalue weighted by atomic mass is 9.94. The third kappa shape index (κ3) is 5.21. The van der Waals surface area contributed by atoms with Crippen LogP contribution in [0, 0.1) is 0 Å².